The van der Waals surface area contributed by atoms with Crippen LogP contribution in [-0.2, 0) is 14.3 Å². The van der Waals surface area contributed by atoms with Gasteiger partial charge in [-0.15, -0.1) is 0 Å². The molecule has 0 aliphatic rings. The predicted molar refractivity (Wildman–Crippen MR) is 84.6 cm³/mol. The molecule has 0 atom stereocenters. The molecule has 0 amide bonds. The van der Waals surface area contributed by atoms with Crippen molar-refractivity contribution in [1.29, 1.82) is 0 Å². The lowest BCUT2D eigenvalue weighted by atomic mass is 10.0. The molecule has 0 bridgehead atoms. The molecule has 0 spiro atoms. The lowest BCUT2D eigenvalue weighted by molar-refractivity contribution is -0.127. The van der Waals surface area contributed by atoms with Gasteiger partial charge in [0.05, 0.1) is 17.9 Å². The lowest BCUT2D eigenvalue weighted by Gasteiger charge is -2.07. The summed E-state index contributed by atoms with van der Waals surface area (Å²) >= 11 is 0. The molecule has 0 N–H and O–H groups in total. The average molecular weight is 303 g/mol. The predicted octanol–water partition coefficient (Wildman–Crippen LogP) is 3.14. The van der Waals surface area contributed by atoms with Crippen molar-refractivity contribution >= 4 is 29.4 Å². The molecule has 118 valence electrons. The van der Waals surface area contributed by atoms with Crippen LogP contribution in [0.25, 0.3) is 0 Å². The van der Waals surface area contributed by atoms with Crippen molar-refractivity contribution in [3.63, 3.8) is 0 Å². The Morgan fingerprint density at radius 3 is 2.41 bits per heavy atom. The number of nitrogens with zero attached hydrogens (tertiary/aromatic N) is 1. The van der Waals surface area contributed by atoms with Crippen LogP contribution in [0.5, 0.6) is 0 Å². The molecule has 0 heterocycles. The molecule has 0 saturated carbocycles. The first-order chi connectivity index (χ1) is 10.5. The summed E-state index contributed by atoms with van der Waals surface area (Å²) in [5, 5.41) is 0. The van der Waals surface area contributed by atoms with Crippen LogP contribution in [0.15, 0.2) is 29.3 Å². The van der Waals surface area contributed by atoms with E-state index in [4.69, 9.17) is 4.74 Å². The molecule has 1 rings (SSSR count). The summed E-state index contributed by atoms with van der Waals surface area (Å²) in [6.07, 6.45) is 3.02. The molecule has 5 nitrogen and oxygen atoms in total. The van der Waals surface area contributed by atoms with E-state index >= 15 is 0 Å². The second-order valence-corrected chi connectivity index (χ2v) is 4.98. The largest absolute Gasteiger partial charge is 0.462 e. The van der Waals surface area contributed by atoms with Gasteiger partial charge in [-0.3, -0.25) is 14.6 Å². The molecule has 1 aromatic carbocycles. The molecule has 1 aromatic rings. The van der Waals surface area contributed by atoms with E-state index in [2.05, 4.69) is 4.99 Å². The maximum atomic E-state index is 12.0. The molecule has 0 unspecified atom stereocenters. The number of ketones is 2. The van der Waals surface area contributed by atoms with Crippen LogP contribution in [0.1, 0.15) is 44.0 Å². The second kappa shape index (κ2) is 8.87. The van der Waals surface area contributed by atoms with Crippen LogP contribution < -0.4 is 0 Å². The zero-order valence-corrected chi connectivity index (χ0v) is 13.2. The Labute approximate surface area is 130 Å². The van der Waals surface area contributed by atoms with Crippen molar-refractivity contribution in [2.75, 3.05) is 6.61 Å². The van der Waals surface area contributed by atoms with Gasteiger partial charge >= 0.3 is 5.97 Å². The van der Waals surface area contributed by atoms with E-state index in [0.717, 1.165) is 12.8 Å². The Morgan fingerprint density at radius 2 is 1.82 bits per heavy atom. The van der Waals surface area contributed by atoms with Crippen LogP contribution in [-0.4, -0.2) is 30.4 Å². The molecule has 0 aromatic heterocycles. The van der Waals surface area contributed by atoms with Gasteiger partial charge in [0.25, 0.3) is 0 Å². The van der Waals surface area contributed by atoms with E-state index in [1.165, 1.54) is 20.1 Å². The van der Waals surface area contributed by atoms with E-state index in [0.29, 0.717) is 17.9 Å². The van der Waals surface area contributed by atoms with Crippen LogP contribution >= 0.6 is 0 Å². The van der Waals surface area contributed by atoms with Gasteiger partial charge in [-0.1, -0.05) is 25.5 Å². The number of carbonyl (C=O) groups excluding carboxylic acids is 3. The van der Waals surface area contributed by atoms with Crippen LogP contribution in [0.3, 0.4) is 0 Å². The smallest absolute Gasteiger partial charge is 0.340 e. The standard InChI is InChI=1S/C17H21NO4/c1-4-5-10-22-17(21)14-8-6-7-9-16(14)18-11-15(12(2)19)13(3)20/h6-9,11,15H,4-5,10H2,1-3H3. The summed E-state index contributed by atoms with van der Waals surface area (Å²) in [7, 11) is 0. The van der Waals surface area contributed by atoms with E-state index in [9.17, 15) is 14.4 Å². The fourth-order valence-electron chi connectivity index (χ4n) is 1.80. The number of esters is 1. The van der Waals surface area contributed by atoms with Gasteiger partial charge < -0.3 is 4.74 Å². The summed E-state index contributed by atoms with van der Waals surface area (Å²) < 4.78 is 5.16. The number of para-hydroxylation sites is 1. The number of hydrogen-bond acceptors (Lipinski definition) is 5. The number of carbonyl (C=O) groups is 3. The fraction of sp³-hybridized carbons (Fsp3) is 0.412. The van der Waals surface area contributed by atoms with Crippen molar-refractivity contribution in [3.05, 3.63) is 29.8 Å². The number of benzene rings is 1. The number of aliphatic imine (C=N–C) groups is 1. The number of hydrogen-bond donors (Lipinski definition) is 0. The topological polar surface area (TPSA) is 72.8 Å². The van der Waals surface area contributed by atoms with Crippen LogP contribution in [0.4, 0.5) is 5.69 Å². The summed E-state index contributed by atoms with van der Waals surface area (Å²) in [5.74, 6) is -1.90. The number of rotatable bonds is 8. The fourth-order valence-corrected chi connectivity index (χ4v) is 1.80. The van der Waals surface area contributed by atoms with Crippen LogP contribution in [0.2, 0.25) is 0 Å². The minimum atomic E-state index is -0.885. The van der Waals surface area contributed by atoms with Gasteiger partial charge in [0, 0.05) is 6.21 Å². The highest BCUT2D eigenvalue weighted by atomic mass is 16.5. The zero-order chi connectivity index (χ0) is 16.5. The van der Waals surface area contributed by atoms with E-state index < -0.39 is 11.9 Å². The second-order valence-electron chi connectivity index (χ2n) is 4.98. The minimum absolute atomic E-state index is 0.278. The highest BCUT2D eigenvalue weighted by Gasteiger charge is 2.17. The average Bonchev–Trinajstić information content (AvgIpc) is 2.47. The number of unbranched alkanes of at least 4 members (excludes halogenated alkanes) is 1. The highest BCUT2D eigenvalue weighted by Crippen LogP contribution is 2.20. The lowest BCUT2D eigenvalue weighted by Crippen LogP contribution is -2.20. The van der Waals surface area contributed by atoms with E-state index in [-0.39, 0.29) is 11.6 Å². The number of Topliss-reactive ketones (excluding diaryl/α,β-unsaturated/α-hetero) is 2. The zero-order valence-electron chi connectivity index (χ0n) is 13.2. The van der Waals surface area contributed by atoms with Crippen molar-refractivity contribution in [2.24, 2.45) is 10.9 Å². The van der Waals surface area contributed by atoms with Gasteiger partial charge in [-0.05, 0) is 32.4 Å². The first-order valence-corrected chi connectivity index (χ1v) is 7.28. The van der Waals surface area contributed by atoms with E-state index in [1.807, 2.05) is 6.92 Å². The maximum absolute atomic E-state index is 12.0. The molecule has 0 radical (unpaired) electrons. The molecular formula is C17H21NO4. The summed E-state index contributed by atoms with van der Waals surface area (Å²) in [4.78, 5) is 38.9. The van der Waals surface area contributed by atoms with Gasteiger partial charge in [0.2, 0.25) is 0 Å². The molecule has 5 heteroatoms. The molecule has 0 fully saturated rings. The van der Waals surface area contributed by atoms with Crippen LogP contribution in [0, 0.1) is 5.92 Å². The van der Waals surface area contributed by atoms with Crippen molar-refractivity contribution in [2.45, 2.75) is 33.6 Å². The van der Waals surface area contributed by atoms with Gasteiger partial charge in [0.15, 0.2) is 0 Å². The first-order valence-electron chi connectivity index (χ1n) is 7.28. The van der Waals surface area contributed by atoms with Crippen molar-refractivity contribution < 1.29 is 19.1 Å². The minimum Gasteiger partial charge on any atom is -0.462 e. The Kier molecular flexibility index (Phi) is 7.16. The van der Waals surface area contributed by atoms with E-state index in [1.54, 1.807) is 24.3 Å². The van der Waals surface area contributed by atoms with Crippen molar-refractivity contribution in [3.8, 4) is 0 Å². The Morgan fingerprint density at radius 1 is 1.18 bits per heavy atom. The SMILES string of the molecule is CCCCOC(=O)c1ccccc1N=CC(C(C)=O)C(C)=O. The third-order valence-electron chi connectivity index (χ3n) is 3.09. The summed E-state index contributed by atoms with van der Waals surface area (Å²) in [6, 6.07) is 6.69. The van der Waals surface area contributed by atoms with Crippen molar-refractivity contribution in [1.82, 2.24) is 0 Å². The Balaban J connectivity index is 2.94. The van der Waals surface area contributed by atoms with Gasteiger partial charge in [-0.25, -0.2) is 4.79 Å². The maximum Gasteiger partial charge on any atom is 0.340 e. The normalized spacial score (nSPS) is 10.9. The molecule has 22 heavy (non-hydrogen) atoms. The van der Waals surface area contributed by atoms with Gasteiger partial charge in [-0.2, -0.15) is 0 Å². The molecule has 0 aliphatic heterocycles. The first kappa shape index (κ1) is 17.8. The third kappa shape index (κ3) is 5.24. The quantitative estimate of drug-likeness (QED) is 0.320. The summed E-state index contributed by atoms with van der Waals surface area (Å²) in [5.41, 5.74) is 0.706. The molecular weight excluding hydrogens is 282 g/mol. The van der Waals surface area contributed by atoms with Gasteiger partial charge in [0.1, 0.15) is 17.5 Å². The highest BCUT2D eigenvalue weighted by molar-refractivity contribution is 6.13. The Bertz CT molecular complexity index is 564. The number of ether oxygens (including phenoxy) is 1. The third-order valence-corrected chi connectivity index (χ3v) is 3.09. The molecule has 0 saturated heterocycles. The summed E-state index contributed by atoms with van der Waals surface area (Å²) in [6.45, 7) is 5.04. The monoisotopic (exact) mass is 303 g/mol. The Hall–Kier alpha value is -2.30. The molecule has 0 aliphatic carbocycles.